The van der Waals surface area contributed by atoms with E-state index in [1.54, 1.807) is 7.11 Å². The highest BCUT2D eigenvalue weighted by Gasteiger charge is 2.16. The Labute approximate surface area is 121 Å². The molecule has 0 aliphatic carbocycles. The molecule has 0 aromatic heterocycles. The topological polar surface area (TPSA) is 21.3 Å². The first-order valence-corrected chi connectivity index (χ1v) is 7.10. The smallest absolute Gasteiger partial charge is 0.124 e. The second-order valence-electron chi connectivity index (χ2n) is 5.06. The lowest BCUT2D eigenvalue weighted by Crippen LogP contribution is -2.18. The Bertz CT molecular complexity index is 560. The average Bonchev–Trinajstić information content (AvgIpc) is 2.50. The van der Waals surface area contributed by atoms with E-state index < -0.39 is 0 Å². The van der Waals surface area contributed by atoms with E-state index in [1.165, 1.54) is 22.3 Å². The van der Waals surface area contributed by atoms with Gasteiger partial charge in [0.2, 0.25) is 0 Å². The molecule has 0 spiro atoms. The molecular weight excluding hydrogens is 246 g/mol. The Hall–Kier alpha value is -1.80. The SMILES string of the molecule is CCc1ccc(C(NC)c2ccc(C)cc2OC)cc1. The van der Waals surface area contributed by atoms with Crippen LogP contribution in [0.4, 0.5) is 0 Å². The summed E-state index contributed by atoms with van der Waals surface area (Å²) in [6.07, 6.45) is 1.07. The zero-order chi connectivity index (χ0) is 14.5. The van der Waals surface area contributed by atoms with Gasteiger partial charge in [0.1, 0.15) is 5.75 Å². The van der Waals surface area contributed by atoms with E-state index >= 15 is 0 Å². The van der Waals surface area contributed by atoms with Crippen molar-refractivity contribution in [3.8, 4) is 5.75 Å². The van der Waals surface area contributed by atoms with Crippen LogP contribution in [0.5, 0.6) is 5.75 Å². The fourth-order valence-electron chi connectivity index (χ4n) is 2.50. The molecule has 0 radical (unpaired) electrons. The molecule has 106 valence electrons. The Morgan fingerprint density at radius 1 is 1.10 bits per heavy atom. The van der Waals surface area contributed by atoms with Gasteiger partial charge >= 0.3 is 0 Å². The molecule has 0 aliphatic rings. The molecule has 1 N–H and O–H groups in total. The standard InChI is InChI=1S/C18H23NO/c1-5-14-7-9-15(10-8-14)18(19-3)16-11-6-13(2)12-17(16)20-4/h6-12,18-19H,5H2,1-4H3. The average molecular weight is 269 g/mol. The summed E-state index contributed by atoms with van der Waals surface area (Å²) in [6.45, 7) is 4.25. The maximum absolute atomic E-state index is 5.54. The number of ether oxygens (including phenoxy) is 1. The number of hydrogen-bond donors (Lipinski definition) is 1. The van der Waals surface area contributed by atoms with Gasteiger partial charge in [-0.2, -0.15) is 0 Å². The Kier molecular flexibility index (Phi) is 4.80. The van der Waals surface area contributed by atoms with Gasteiger partial charge in [0.05, 0.1) is 13.2 Å². The number of rotatable bonds is 5. The highest BCUT2D eigenvalue weighted by atomic mass is 16.5. The fraction of sp³-hybridized carbons (Fsp3) is 0.333. The van der Waals surface area contributed by atoms with Crippen molar-refractivity contribution < 1.29 is 4.74 Å². The first-order valence-electron chi connectivity index (χ1n) is 7.10. The van der Waals surface area contributed by atoms with E-state index in [0.29, 0.717) is 0 Å². The number of aryl methyl sites for hydroxylation is 2. The maximum Gasteiger partial charge on any atom is 0.124 e. The van der Waals surface area contributed by atoms with E-state index in [4.69, 9.17) is 4.74 Å². The molecule has 0 bridgehead atoms. The van der Waals surface area contributed by atoms with Crippen LogP contribution in [0.2, 0.25) is 0 Å². The molecule has 0 heterocycles. The highest BCUT2D eigenvalue weighted by molar-refractivity contribution is 5.44. The Balaban J connectivity index is 2.40. The second kappa shape index (κ2) is 6.58. The van der Waals surface area contributed by atoms with Gasteiger partial charge < -0.3 is 10.1 Å². The summed E-state index contributed by atoms with van der Waals surface area (Å²) in [5, 5.41) is 3.39. The Morgan fingerprint density at radius 3 is 2.35 bits per heavy atom. The van der Waals surface area contributed by atoms with Gasteiger partial charge in [-0.3, -0.25) is 0 Å². The molecule has 1 unspecified atom stereocenters. The molecule has 0 saturated carbocycles. The van der Waals surface area contributed by atoms with Crippen LogP contribution in [0, 0.1) is 6.92 Å². The predicted molar refractivity (Wildman–Crippen MR) is 84.5 cm³/mol. The number of benzene rings is 2. The van der Waals surface area contributed by atoms with E-state index in [0.717, 1.165) is 12.2 Å². The van der Waals surface area contributed by atoms with Crippen LogP contribution in [0.15, 0.2) is 42.5 Å². The quantitative estimate of drug-likeness (QED) is 0.889. The molecular formula is C18H23NO. The van der Waals surface area contributed by atoms with Crippen LogP contribution >= 0.6 is 0 Å². The summed E-state index contributed by atoms with van der Waals surface area (Å²) in [6, 6.07) is 15.3. The normalized spacial score (nSPS) is 12.2. The predicted octanol–water partition coefficient (Wildman–Crippen LogP) is 3.87. The molecule has 2 aromatic rings. The summed E-state index contributed by atoms with van der Waals surface area (Å²) >= 11 is 0. The van der Waals surface area contributed by atoms with E-state index in [1.807, 2.05) is 7.05 Å². The number of methoxy groups -OCH3 is 1. The second-order valence-corrected chi connectivity index (χ2v) is 5.06. The monoisotopic (exact) mass is 269 g/mol. The van der Waals surface area contributed by atoms with Gasteiger partial charge in [0, 0.05) is 5.56 Å². The molecule has 2 nitrogen and oxygen atoms in total. The van der Waals surface area contributed by atoms with Gasteiger partial charge in [-0.15, -0.1) is 0 Å². The maximum atomic E-state index is 5.54. The third-order valence-electron chi connectivity index (χ3n) is 3.71. The molecule has 0 aliphatic heterocycles. The van der Waals surface area contributed by atoms with Crippen LogP contribution in [0.25, 0.3) is 0 Å². The first-order chi connectivity index (χ1) is 9.69. The Morgan fingerprint density at radius 2 is 1.80 bits per heavy atom. The lowest BCUT2D eigenvalue weighted by Gasteiger charge is -2.20. The lowest BCUT2D eigenvalue weighted by atomic mass is 9.96. The molecule has 0 saturated heterocycles. The van der Waals surface area contributed by atoms with E-state index in [9.17, 15) is 0 Å². The van der Waals surface area contributed by atoms with Crippen LogP contribution < -0.4 is 10.1 Å². The summed E-state index contributed by atoms with van der Waals surface area (Å²) in [7, 11) is 3.71. The van der Waals surface area contributed by atoms with Gasteiger partial charge in [-0.1, -0.05) is 43.3 Å². The largest absolute Gasteiger partial charge is 0.496 e. The summed E-state index contributed by atoms with van der Waals surface area (Å²) in [5.41, 5.74) is 5.00. The van der Waals surface area contributed by atoms with Crippen molar-refractivity contribution in [2.24, 2.45) is 0 Å². The van der Waals surface area contributed by atoms with Crippen molar-refractivity contribution in [2.45, 2.75) is 26.3 Å². The van der Waals surface area contributed by atoms with Gasteiger partial charge in [-0.05, 0) is 43.1 Å². The van der Waals surface area contributed by atoms with Crippen molar-refractivity contribution in [1.29, 1.82) is 0 Å². The minimum atomic E-state index is 0.149. The first kappa shape index (κ1) is 14.6. The number of nitrogens with one attached hydrogen (secondary N) is 1. The molecule has 0 amide bonds. The van der Waals surface area contributed by atoms with Gasteiger partial charge in [-0.25, -0.2) is 0 Å². The van der Waals surface area contributed by atoms with Crippen LogP contribution in [-0.2, 0) is 6.42 Å². The summed E-state index contributed by atoms with van der Waals surface area (Å²) in [5.74, 6) is 0.934. The summed E-state index contributed by atoms with van der Waals surface area (Å²) < 4.78 is 5.54. The third kappa shape index (κ3) is 3.02. The zero-order valence-corrected chi connectivity index (χ0v) is 12.7. The fourth-order valence-corrected chi connectivity index (χ4v) is 2.50. The minimum Gasteiger partial charge on any atom is -0.496 e. The number of hydrogen-bond acceptors (Lipinski definition) is 2. The van der Waals surface area contributed by atoms with Crippen molar-refractivity contribution in [1.82, 2.24) is 5.32 Å². The molecule has 2 aromatic carbocycles. The van der Waals surface area contributed by atoms with Crippen LogP contribution in [-0.4, -0.2) is 14.2 Å². The molecule has 1 atom stereocenters. The molecule has 20 heavy (non-hydrogen) atoms. The van der Waals surface area contributed by atoms with Crippen molar-refractivity contribution >= 4 is 0 Å². The van der Waals surface area contributed by atoms with Gasteiger partial charge in [0.15, 0.2) is 0 Å². The molecule has 2 rings (SSSR count). The minimum absolute atomic E-state index is 0.149. The van der Waals surface area contributed by atoms with Gasteiger partial charge in [0.25, 0.3) is 0 Å². The van der Waals surface area contributed by atoms with Crippen LogP contribution in [0.3, 0.4) is 0 Å². The van der Waals surface area contributed by atoms with Crippen molar-refractivity contribution in [3.05, 3.63) is 64.7 Å². The zero-order valence-electron chi connectivity index (χ0n) is 12.7. The third-order valence-corrected chi connectivity index (χ3v) is 3.71. The van der Waals surface area contributed by atoms with Crippen molar-refractivity contribution in [2.75, 3.05) is 14.2 Å². The lowest BCUT2D eigenvalue weighted by molar-refractivity contribution is 0.405. The highest BCUT2D eigenvalue weighted by Crippen LogP contribution is 2.30. The van der Waals surface area contributed by atoms with E-state index in [-0.39, 0.29) is 6.04 Å². The van der Waals surface area contributed by atoms with Crippen molar-refractivity contribution in [3.63, 3.8) is 0 Å². The molecule has 2 heteroatoms. The van der Waals surface area contributed by atoms with Crippen LogP contribution in [0.1, 0.15) is 35.2 Å². The van der Waals surface area contributed by atoms with E-state index in [2.05, 4.69) is 61.6 Å². The molecule has 0 fully saturated rings. The summed E-state index contributed by atoms with van der Waals surface area (Å²) in [4.78, 5) is 0.